The van der Waals surface area contributed by atoms with Crippen molar-refractivity contribution in [1.82, 2.24) is 4.90 Å². The second-order valence-corrected chi connectivity index (χ2v) is 8.26. The van der Waals surface area contributed by atoms with E-state index < -0.39 is 9.84 Å². The fourth-order valence-electron chi connectivity index (χ4n) is 3.05. The third kappa shape index (κ3) is 4.56. The number of hydrogen-bond donors (Lipinski definition) is 0. The standard InChI is InChI=1S/C14H25NO3S/c16-13-7-9-15(10-8-13)11-12-19(17,18)14-5-3-1-2-4-6-14/h14H,1-12H2. The number of sulfone groups is 1. The monoisotopic (exact) mass is 287 g/mol. The number of likely N-dealkylation sites (tertiary alicyclic amines) is 1. The van der Waals surface area contributed by atoms with Gasteiger partial charge in [0.25, 0.3) is 0 Å². The van der Waals surface area contributed by atoms with Crippen LogP contribution in [0, 0.1) is 0 Å². The lowest BCUT2D eigenvalue weighted by Gasteiger charge is -2.26. The molecular formula is C14H25NO3S. The summed E-state index contributed by atoms with van der Waals surface area (Å²) in [6.07, 6.45) is 7.35. The zero-order chi connectivity index (χ0) is 13.7. The SMILES string of the molecule is O=C1CCN(CCS(=O)(=O)C2CCCCCC2)CC1. The van der Waals surface area contributed by atoms with Gasteiger partial charge in [0.2, 0.25) is 0 Å². The van der Waals surface area contributed by atoms with Gasteiger partial charge in [0, 0.05) is 32.5 Å². The minimum Gasteiger partial charge on any atom is -0.301 e. The first-order valence-corrected chi connectivity index (χ1v) is 9.25. The van der Waals surface area contributed by atoms with Gasteiger partial charge in [-0.25, -0.2) is 8.42 Å². The molecule has 0 unspecified atom stereocenters. The van der Waals surface area contributed by atoms with E-state index in [1.807, 2.05) is 0 Å². The molecule has 0 aromatic rings. The van der Waals surface area contributed by atoms with Crippen molar-refractivity contribution < 1.29 is 13.2 Å². The van der Waals surface area contributed by atoms with Gasteiger partial charge in [-0.15, -0.1) is 0 Å². The van der Waals surface area contributed by atoms with Gasteiger partial charge in [-0.05, 0) is 12.8 Å². The van der Waals surface area contributed by atoms with Gasteiger partial charge in [-0.3, -0.25) is 4.79 Å². The Balaban J connectivity index is 1.81. The first-order chi connectivity index (χ1) is 9.08. The number of Topliss-reactive ketones (excluding diaryl/α,β-unsaturated/α-hetero) is 1. The molecule has 0 N–H and O–H groups in total. The fourth-order valence-corrected chi connectivity index (χ4v) is 4.95. The van der Waals surface area contributed by atoms with E-state index in [0.717, 1.165) is 38.8 Å². The van der Waals surface area contributed by atoms with Crippen molar-refractivity contribution in [1.29, 1.82) is 0 Å². The summed E-state index contributed by atoms with van der Waals surface area (Å²) in [5.41, 5.74) is 0. The van der Waals surface area contributed by atoms with Crippen molar-refractivity contribution in [3.8, 4) is 0 Å². The molecular weight excluding hydrogens is 262 g/mol. The van der Waals surface area contributed by atoms with Gasteiger partial charge >= 0.3 is 0 Å². The number of hydrogen-bond acceptors (Lipinski definition) is 4. The van der Waals surface area contributed by atoms with E-state index in [4.69, 9.17) is 0 Å². The zero-order valence-electron chi connectivity index (χ0n) is 11.6. The molecule has 19 heavy (non-hydrogen) atoms. The highest BCUT2D eigenvalue weighted by atomic mass is 32.2. The number of rotatable bonds is 4. The molecule has 1 aliphatic heterocycles. The van der Waals surface area contributed by atoms with Crippen LogP contribution in [0.25, 0.3) is 0 Å². The predicted molar refractivity (Wildman–Crippen MR) is 76.0 cm³/mol. The minimum atomic E-state index is -2.95. The maximum Gasteiger partial charge on any atom is 0.154 e. The number of carbonyl (C=O) groups excluding carboxylic acids is 1. The lowest BCUT2D eigenvalue weighted by molar-refractivity contribution is -0.121. The summed E-state index contributed by atoms with van der Waals surface area (Å²) in [6, 6.07) is 0. The molecule has 2 rings (SSSR count). The Morgan fingerprint density at radius 1 is 1.00 bits per heavy atom. The molecule has 0 atom stereocenters. The number of nitrogens with zero attached hydrogens (tertiary/aromatic N) is 1. The number of ketones is 1. The van der Waals surface area contributed by atoms with E-state index in [0.29, 0.717) is 25.2 Å². The van der Waals surface area contributed by atoms with Gasteiger partial charge in [0.05, 0.1) is 11.0 Å². The van der Waals surface area contributed by atoms with Crippen LogP contribution in [0.3, 0.4) is 0 Å². The van der Waals surface area contributed by atoms with E-state index in [2.05, 4.69) is 4.90 Å². The highest BCUT2D eigenvalue weighted by Gasteiger charge is 2.27. The highest BCUT2D eigenvalue weighted by molar-refractivity contribution is 7.92. The van der Waals surface area contributed by atoms with Crippen molar-refractivity contribution in [2.75, 3.05) is 25.4 Å². The maximum absolute atomic E-state index is 12.4. The Morgan fingerprint density at radius 3 is 2.16 bits per heavy atom. The Labute approximate surface area is 116 Å². The van der Waals surface area contributed by atoms with E-state index >= 15 is 0 Å². The summed E-state index contributed by atoms with van der Waals surface area (Å²) in [7, 11) is -2.95. The van der Waals surface area contributed by atoms with Gasteiger partial charge < -0.3 is 4.90 Å². The Kier molecular flexibility index (Phi) is 5.39. The van der Waals surface area contributed by atoms with Crippen molar-refractivity contribution >= 4 is 15.6 Å². The minimum absolute atomic E-state index is 0.110. The predicted octanol–water partition coefficient (Wildman–Crippen LogP) is 1.79. The summed E-state index contributed by atoms with van der Waals surface area (Å²) >= 11 is 0. The molecule has 2 fully saturated rings. The smallest absolute Gasteiger partial charge is 0.154 e. The van der Waals surface area contributed by atoms with Crippen LogP contribution in [-0.4, -0.2) is 49.7 Å². The molecule has 1 aliphatic carbocycles. The molecule has 1 saturated carbocycles. The first kappa shape index (κ1) is 15.0. The van der Waals surface area contributed by atoms with Crippen LogP contribution in [-0.2, 0) is 14.6 Å². The second kappa shape index (κ2) is 6.84. The van der Waals surface area contributed by atoms with Crippen molar-refractivity contribution in [3.63, 3.8) is 0 Å². The molecule has 0 spiro atoms. The zero-order valence-corrected chi connectivity index (χ0v) is 12.5. The average molecular weight is 287 g/mol. The summed E-state index contributed by atoms with van der Waals surface area (Å²) in [5, 5.41) is -0.110. The van der Waals surface area contributed by atoms with Crippen LogP contribution in [0.5, 0.6) is 0 Å². The summed E-state index contributed by atoms with van der Waals surface area (Å²) in [4.78, 5) is 13.3. The van der Waals surface area contributed by atoms with Gasteiger partial charge in [0.1, 0.15) is 5.78 Å². The number of carbonyl (C=O) groups is 1. The molecule has 0 bridgehead atoms. The molecule has 110 valence electrons. The summed E-state index contributed by atoms with van der Waals surface area (Å²) < 4.78 is 24.7. The number of piperidine rings is 1. The van der Waals surface area contributed by atoms with Gasteiger partial charge in [0.15, 0.2) is 9.84 Å². The fraction of sp³-hybridized carbons (Fsp3) is 0.929. The second-order valence-electron chi connectivity index (χ2n) is 5.86. The van der Waals surface area contributed by atoms with E-state index in [9.17, 15) is 13.2 Å². The van der Waals surface area contributed by atoms with Crippen LogP contribution >= 0.6 is 0 Å². The average Bonchev–Trinajstić information content (AvgIpc) is 2.67. The molecule has 5 heteroatoms. The molecule has 1 saturated heterocycles. The molecule has 0 aromatic heterocycles. The van der Waals surface area contributed by atoms with E-state index in [1.165, 1.54) is 12.8 Å². The third-order valence-electron chi connectivity index (χ3n) is 4.42. The van der Waals surface area contributed by atoms with Crippen LogP contribution in [0.4, 0.5) is 0 Å². The van der Waals surface area contributed by atoms with Crippen LogP contribution in [0.1, 0.15) is 51.4 Å². The molecule has 0 aromatic carbocycles. The lowest BCUT2D eigenvalue weighted by atomic mass is 10.1. The largest absolute Gasteiger partial charge is 0.301 e. The van der Waals surface area contributed by atoms with E-state index in [-0.39, 0.29) is 11.0 Å². The summed E-state index contributed by atoms with van der Waals surface area (Å²) in [6.45, 7) is 2.07. The van der Waals surface area contributed by atoms with Gasteiger partial charge in [-0.2, -0.15) is 0 Å². The topological polar surface area (TPSA) is 54.5 Å². The third-order valence-corrected chi connectivity index (χ3v) is 6.65. The summed E-state index contributed by atoms with van der Waals surface area (Å²) in [5.74, 6) is 0.578. The van der Waals surface area contributed by atoms with Crippen LogP contribution in [0.2, 0.25) is 0 Å². The lowest BCUT2D eigenvalue weighted by Crippen LogP contribution is -2.38. The molecule has 0 radical (unpaired) electrons. The molecule has 2 aliphatic rings. The van der Waals surface area contributed by atoms with Crippen molar-refractivity contribution in [2.24, 2.45) is 0 Å². The molecule has 1 heterocycles. The Bertz CT molecular complexity index is 387. The first-order valence-electron chi connectivity index (χ1n) is 7.53. The Morgan fingerprint density at radius 2 is 1.58 bits per heavy atom. The van der Waals surface area contributed by atoms with Crippen molar-refractivity contribution in [2.45, 2.75) is 56.6 Å². The van der Waals surface area contributed by atoms with Gasteiger partial charge in [-0.1, -0.05) is 25.7 Å². The Hall–Kier alpha value is -0.420. The normalized spacial score (nSPS) is 24.3. The molecule has 4 nitrogen and oxygen atoms in total. The van der Waals surface area contributed by atoms with Crippen LogP contribution < -0.4 is 0 Å². The van der Waals surface area contributed by atoms with Crippen LogP contribution in [0.15, 0.2) is 0 Å². The van der Waals surface area contributed by atoms with E-state index in [1.54, 1.807) is 0 Å². The quantitative estimate of drug-likeness (QED) is 0.740. The highest BCUT2D eigenvalue weighted by Crippen LogP contribution is 2.23. The maximum atomic E-state index is 12.4. The van der Waals surface area contributed by atoms with Crippen molar-refractivity contribution in [3.05, 3.63) is 0 Å². The molecule has 0 amide bonds.